The molecule has 0 saturated carbocycles. The van der Waals surface area contributed by atoms with E-state index in [1.807, 2.05) is 36.4 Å². The molecule has 1 aliphatic carbocycles. The number of imide groups is 1. The number of anilines is 2. The molecule has 2 aromatic rings. The molecule has 24 heavy (non-hydrogen) atoms. The molecule has 0 unspecified atom stereocenters. The molecule has 0 radical (unpaired) electrons. The van der Waals surface area contributed by atoms with Gasteiger partial charge in [-0.25, -0.2) is 4.90 Å². The van der Waals surface area contributed by atoms with E-state index in [1.165, 1.54) is 23.0 Å². The first-order valence-corrected chi connectivity index (χ1v) is 8.48. The standard InChI is InChI=1S/C20H20N2O2/c1-13(23)22(18-7-3-5-15-10-11-21-19(15)18)20(24)17-9-8-14-4-2-6-16(14)12-17/h3,5,7-9,12,21H,2,4,6,10-11H2,1H3. The van der Waals surface area contributed by atoms with E-state index >= 15 is 0 Å². The molecular weight excluding hydrogens is 300 g/mol. The Labute approximate surface area is 141 Å². The topological polar surface area (TPSA) is 49.4 Å². The number of nitrogens with one attached hydrogen (secondary N) is 1. The van der Waals surface area contributed by atoms with Crippen molar-refractivity contribution < 1.29 is 9.59 Å². The van der Waals surface area contributed by atoms with Crippen LogP contribution in [0.4, 0.5) is 11.4 Å². The van der Waals surface area contributed by atoms with Crippen LogP contribution in [-0.4, -0.2) is 18.4 Å². The Morgan fingerprint density at radius 3 is 2.67 bits per heavy atom. The first-order chi connectivity index (χ1) is 11.6. The van der Waals surface area contributed by atoms with Gasteiger partial charge in [-0.15, -0.1) is 0 Å². The number of carbonyl (C=O) groups is 2. The van der Waals surface area contributed by atoms with Gasteiger partial charge in [-0.1, -0.05) is 18.2 Å². The van der Waals surface area contributed by atoms with Crippen molar-refractivity contribution in [3.8, 4) is 0 Å². The van der Waals surface area contributed by atoms with Gasteiger partial charge < -0.3 is 5.32 Å². The summed E-state index contributed by atoms with van der Waals surface area (Å²) in [5, 5.41) is 3.31. The van der Waals surface area contributed by atoms with E-state index in [0.717, 1.165) is 43.5 Å². The number of rotatable bonds is 2. The minimum absolute atomic E-state index is 0.251. The molecule has 122 valence electrons. The highest BCUT2D eigenvalue weighted by Crippen LogP contribution is 2.34. The molecule has 1 N–H and O–H groups in total. The summed E-state index contributed by atoms with van der Waals surface area (Å²) >= 11 is 0. The third-order valence-corrected chi connectivity index (χ3v) is 4.93. The van der Waals surface area contributed by atoms with Gasteiger partial charge in [-0.05, 0) is 60.6 Å². The van der Waals surface area contributed by atoms with E-state index in [4.69, 9.17) is 0 Å². The predicted molar refractivity (Wildman–Crippen MR) is 94.6 cm³/mol. The molecule has 4 nitrogen and oxygen atoms in total. The Balaban J connectivity index is 1.75. The van der Waals surface area contributed by atoms with Crippen molar-refractivity contribution in [1.29, 1.82) is 0 Å². The van der Waals surface area contributed by atoms with Crippen LogP contribution in [-0.2, 0) is 24.1 Å². The maximum atomic E-state index is 13.1. The smallest absolute Gasteiger partial charge is 0.265 e. The van der Waals surface area contributed by atoms with Crippen LogP contribution >= 0.6 is 0 Å². The van der Waals surface area contributed by atoms with Gasteiger partial charge in [-0.2, -0.15) is 0 Å². The molecular formula is C20H20N2O2. The number of para-hydroxylation sites is 1. The van der Waals surface area contributed by atoms with E-state index in [9.17, 15) is 9.59 Å². The predicted octanol–water partition coefficient (Wildman–Crippen LogP) is 3.34. The lowest BCUT2D eigenvalue weighted by Gasteiger charge is -2.22. The number of amides is 2. The van der Waals surface area contributed by atoms with Crippen LogP contribution in [0, 0.1) is 0 Å². The fraction of sp³-hybridized carbons (Fsp3) is 0.300. The number of aryl methyl sites for hydroxylation is 2. The number of carbonyl (C=O) groups excluding carboxylic acids is 2. The summed E-state index contributed by atoms with van der Waals surface area (Å²) in [6.45, 7) is 2.28. The van der Waals surface area contributed by atoms with Crippen LogP contribution in [0.25, 0.3) is 0 Å². The number of hydrogen-bond donors (Lipinski definition) is 1. The summed E-state index contributed by atoms with van der Waals surface area (Å²) in [5.74, 6) is -0.512. The molecule has 0 fully saturated rings. The monoisotopic (exact) mass is 320 g/mol. The molecule has 0 bridgehead atoms. The van der Waals surface area contributed by atoms with Crippen molar-refractivity contribution in [2.24, 2.45) is 0 Å². The van der Waals surface area contributed by atoms with Crippen molar-refractivity contribution in [2.75, 3.05) is 16.8 Å². The van der Waals surface area contributed by atoms with Crippen molar-refractivity contribution in [2.45, 2.75) is 32.6 Å². The van der Waals surface area contributed by atoms with Crippen molar-refractivity contribution in [3.63, 3.8) is 0 Å². The highest BCUT2D eigenvalue weighted by Gasteiger charge is 2.27. The zero-order valence-corrected chi connectivity index (χ0v) is 13.8. The first-order valence-electron chi connectivity index (χ1n) is 8.48. The minimum atomic E-state index is -0.261. The van der Waals surface area contributed by atoms with Gasteiger partial charge in [0.05, 0.1) is 11.4 Å². The van der Waals surface area contributed by atoms with Crippen LogP contribution < -0.4 is 10.2 Å². The largest absolute Gasteiger partial charge is 0.383 e. The number of nitrogens with zero attached hydrogens (tertiary/aromatic N) is 1. The summed E-state index contributed by atoms with van der Waals surface area (Å²) in [4.78, 5) is 26.6. The lowest BCUT2D eigenvalue weighted by Crippen LogP contribution is -2.35. The number of hydrogen-bond acceptors (Lipinski definition) is 3. The lowest BCUT2D eigenvalue weighted by molar-refractivity contribution is -0.115. The van der Waals surface area contributed by atoms with E-state index < -0.39 is 0 Å². The Hall–Kier alpha value is -2.62. The highest BCUT2D eigenvalue weighted by atomic mass is 16.2. The molecule has 0 aromatic heterocycles. The van der Waals surface area contributed by atoms with Crippen LogP contribution in [0.15, 0.2) is 36.4 Å². The van der Waals surface area contributed by atoms with E-state index in [1.54, 1.807) is 0 Å². The molecule has 2 aliphatic rings. The molecule has 4 heteroatoms. The van der Waals surface area contributed by atoms with Crippen LogP contribution in [0.3, 0.4) is 0 Å². The fourth-order valence-electron chi connectivity index (χ4n) is 3.76. The number of fused-ring (bicyclic) bond motifs is 2. The fourth-order valence-corrected chi connectivity index (χ4v) is 3.76. The average molecular weight is 320 g/mol. The molecule has 2 amide bonds. The molecule has 0 spiro atoms. The number of benzene rings is 2. The lowest BCUT2D eigenvalue weighted by atomic mass is 10.0. The summed E-state index contributed by atoms with van der Waals surface area (Å²) < 4.78 is 0. The van der Waals surface area contributed by atoms with Gasteiger partial charge >= 0.3 is 0 Å². The second kappa shape index (κ2) is 5.78. The van der Waals surface area contributed by atoms with Crippen LogP contribution in [0.1, 0.15) is 40.4 Å². The second-order valence-electron chi connectivity index (χ2n) is 6.48. The van der Waals surface area contributed by atoms with Gasteiger partial charge in [-0.3, -0.25) is 9.59 Å². The highest BCUT2D eigenvalue weighted by molar-refractivity contribution is 6.22. The maximum absolute atomic E-state index is 13.1. The first kappa shape index (κ1) is 14.9. The van der Waals surface area contributed by atoms with Crippen molar-refractivity contribution in [1.82, 2.24) is 0 Å². The molecule has 1 heterocycles. The van der Waals surface area contributed by atoms with Gasteiger partial charge in [0.15, 0.2) is 0 Å². The third kappa shape index (κ3) is 2.39. The molecule has 0 saturated heterocycles. The van der Waals surface area contributed by atoms with Crippen molar-refractivity contribution in [3.05, 3.63) is 58.7 Å². The molecule has 1 aliphatic heterocycles. The van der Waals surface area contributed by atoms with Crippen LogP contribution in [0.5, 0.6) is 0 Å². The summed E-state index contributed by atoms with van der Waals surface area (Å²) in [7, 11) is 0. The van der Waals surface area contributed by atoms with Gasteiger partial charge in [0, 0.05) is 19.0 Å². The Morgan fingerprint density at radius 2 is 1.83 bits per heavy atom. The van der Waals surface area contributed by atoms with Crippen molar-refractivity contribution >= 4 is 23.2 Å². The summed E-state index contributed by atoms with van der Waals surface area (Å²) in [6, 6.07) is 11.6. The Morgan fingerprint density at radius 1 is 1.00 bits per heavy atom. The zero-order valence-electron chi connectivity index (χ0n) is 13.8. The van der Waals surface area contributed by atoms with Gasteiger partial charge in [0.1, 0.15) is 0 Å². The summed E-state index contributed by atoms with van der Waals surface area (Å²) in [5.41, 5.74) is 5.86. The quantitative estimate of drug-likeness (QED) is 0.923. The Bertz CT molecular complexity index is 842. The Kier molecular flexibility index (Phi) is 3.60. The average Bonchev–Trinajstić information content (AvgIpc) is 3.23. The molecule has 0 atom stereocenters. The minimum Gasteiger partial charge on any atom is -0.383 e. The SMILES string of the molecule is CC(=O)N(C(=O)c1ccc2c(c1)CCC2)c1cccc2c1NCC2. The normalized spacial score (nSPS) is 14.7. The van der Waals surface area contributed by atoms with E-state index in [2.05, 4.69) is 5.32 Å². The molecule has 2 aromatic carbocycles. The molecule has 4 rings (SSSR count). The van der Waals surface area contributed by atoms with Gasteiger partial charge in [0.2, 0.25) is 5.91 Å². The maximum Gasteiger partial charge on any atom is 0.265 e. The van der Waals surface area contributed by atoms with E-state index in [0.29, 0.717) is 11.3 Å². The summed E-state index contributed by atoms with van der Waals surface area (Å²) in [6.07, 6.45) is 4.15. The third-order valence-electron chi connectivity index (χ3n) is 4.93. The van der Waals surface area contributed by atoms with Gasteiger partial charge in [0.25, 0.3) is 5.91 Å². The van der Waals surface area contributed by atoms with Crippen LogP contribution in [0.2, 0.25) is 0 Å². The van der Waals surface area contributed by atoms with E-state index in [-0.39, 0.29) is 11.8 Å². The zero-order chi connectivity index (χ0) is 16.7. The second-order valence-corrected chi connectivity index (χ2v) is 6.48.